The zero-order valence-corrected chi connectivity index (χ0v) is 18.4. The lowest BCUT2D eigenvalue weighted by Gasteiger charge is -2.33. The van der Waals surface area contributed by atoms with Crippen LogP contribution in [-0.4, -0.2) is 29.8 Å². The maximum atomic E-state index is 12.7. The van der Waals surface area contributed by atoms with Gasteiger partial charge in [0, 0.05) is 24.1 Å². The lowest BCUT2D eigenvalue weighted by molar-refractivity contribution is -0.274. The third-order valence-electron chi connectivity index (χ3n) is 6.00. The Morgan fingerprint density at radius 3 is 2.41 bits per heavy atom. The molecule has 2 amide bonds. The predicted molar refractivity (Wildman–Crippen MR) is 111 cm³/mol. The molecule has 0 aromatic heterocycles. The van der Waals surface area contributed by atoms with Crippen molar-refractivity contribution in [2.24, 2.45) is 17.6 Å². The molecule has 176 valence electrons. The smallest absolute Gasteiger partial charge is 0.405 e. The second kappa shape index (κ2) is 10.2. The third kappa shape index (κ3) is 6.85. The summed E-state index contributed by atoms with van der Waals surface area (Å²) in [6.45, 7) is 5.28. The number of nitriles is 1. The van der Waals surface area contributed by atoms with Crippen molar-refractivity contribution in [1.82, 2.24) is 10.6 Å². The van der Waals surface area contributed by atoms with Gasteiger partial charge >= 0.3 is 6.36 Å². The summed E-state index contributed by atoms with van der Waals surface area (Å²) in [4.78, 5) is 24.9. The highest BCUT2D eigenvalue weighted by Gasteiger charge is 2.35. The Labute approximate surface area is 185 Å². The van der Waals surface area contributed by atoms with E-state index in [0.29, 0.717) is 25.7 Å². The lowest BCUT2D eigenvalue weighted by atomic mass is 9.84. The van der Waals surface area contributed by atoms with Gasteiger partial charge in [0.2, 0.25) is 11.8 Å². The molecule has 4 N–H and O–H groups in total. The quantitative estimate of drug-likeness (QED) is 0.585. The number of hydrogen-bond donors (Lipinski definition) is 3. The second-order valence-electron chi connectivity index (χ2n) is 8.66. The van der Waals surface area contributed by atoms with E-state index in [1.165, 1.54) is 12.1 Å². The van der Waals surface area contributed by atoms with Crippen molar-refractivity contribution in [3.63, 3.8) is 0 Å². The van der Waals surface area contributed by atoms with Crippen LogP contribution in [0.1, 0.15) is 57.6 Å². The molecule has 32 heavy (non-hydrogen) atoms. The van der Waals surface area contributed by atoms with Crippen molar-refractivity contribution >= 4 is 11.8 Å². The van der Waals surface area contributed by atoms with Gasteiger partial charge in [0.1, 0.15) is 5.75 Å². The van der Waals surface area contributed by atoms with Gasteiger partial charge in [0.25, 0.3) is 0 Å². The van der Waals surface area contributed by atoms with Crippen molar-refractivity contribution in [3.05, 3.63) is 29.3 Å². The largest absolute Gasteiger partial charge is 0.573 e. The van der Waals surface area contributed by atoms with Gasteiger partial charge in [-0.05, 0) is 50.7 Å². The Hall–Kier alpha value is -2.80. The van der Waals surface area contributed by atoms with E-state index in [1.54, 1.807) is 13.0 Å². The molecule has 0 bridgehead atoms. The van der Waals surface area contributed by atoms with Gasteiger partial charge in [0.05, 0.1) is 17.2 Å². The normalized spacial score (nSPS) is 20.7. The van der Waals surface area contributed by atoms with E-state index in [1.807, 2.05) is 13.8 Å². The van der Waals surface area contributed by atoms with Gasteiger partial charge < -0.3 is 21.1 Å². The molecule has 10 heteroatoms. The number of alkyl halides is 3. The number of nitrogens with zero attached hydrogens (tertiary/aromatic N) is 1. The lowest BCUT2D eigenvalue weighted by Crippen LogP contribution is -2.57. The van der Waals surface area contributed by atoms with Crippen LogP contribution in [-0.2, 0) is 16.1 Å². The molecule has 0 radical (unpaired) electrons. The highest BCUT2D eigenvalue weighted by molar-refractivity contribution is 5.86. The number of hydrogen-bond acceptors (Lipinski definition) is 5. The number of rotatable bonds is 7. The van der Waals surface area contributed by atoms with Crippen LogP contribution < -0.4 is 21.1 Å². The van der Waals surface area contributed by atoms with E-state index in [0.717, 1.165) is 6.07 Å². The molecule has 1 aliphatic rings. The van der Waals surface area contributed by atoms with Crippen LogP contribution >= 0.6 is 0 Å². The molecule has 0 saturated heterocycles. The summed E-state index contributed by atoms with van der Waals surface area (Å²) in [7, 11) is 0. The summed E-state index contributed by atoms with van der Waals surface area (Å²) < 4.78 is 42.0. The van der Waals surface area contributed by atoms with Gasteiger partial charge in [-0.15, -0.1) is 13.2 Å². The van der Waals surface area contributed by atoms with E-state index >= 15 is 0 Å². The molecular formula is C22H29F3N4O3. The molecule has 1 aromatic rings. The summed E-state index contributed by atoms with van der Waals surface area (Å²) in [6, 6.07) is 5.36. The zero-order valence-electron chi connectivity index (χ0n) is 18.4. The number of carbonyl (C=O) groups is 2. The Bertz CT molecular complexity index is 870. The van der Waals surface area contributed by atoms with Crippen LogP contribution in [0.25, 0.3) is 0 Å². The first kappa shape index (κ1) is 25.5. The average Bonchev–Trinajstić information content (AvgIpc) is 2.71. The molecule has 0 spiro atoms. The Kier molecular flexibility index (Phi) is 8.13. The van der Waals surface area contributed by atoms with Crippen LogP contribution in [0.2, 0.25) is 0 Å². The number of ether oxygens (including phenoxy) is 1. The van der Waals surface area contributed by atoms with Crippen LogP contribution in [0.15, 0.2) is 18.2 Å². The van der Waals surface area contributed by atoms with Crippen molar-refractivity contribution in [2.45, 2.75) is 70.9 Å². The molecule has 0 aliphatic heterocycles. The first-order valence-corrected chi connectivity index (χ1v) is 10.5. The monoisotopic (exact) mass is 454 g/mol. The number of amides is 2. The molecule has 0 unspecified atom stereocenters. The predicted octanol–water partition coefficient (Wildman–Crippen LogP) is 3.12. The fourth-order valence-corrected chi connectivity index (χ4v) is 3.42. The number of benzene rings is 1. The highest BCUT2D eigenvalue weighted by Crippen LogP contribution is 2.29. The first-order chi connectivity index (χ1) is 14.8. The van der Waals surface area contributed by atoms with Gasteiger partial charge in [-0.25, -0.2) is 0 Å². The molecule has 1 aromatic carbocycles. The molecular weight excluding hydrogens is 425 g/mol. The molecule has 0 heterocycles. The van der Waals surface area contributed by atoms with Crippen LogP contribution in [0.4, 0.5) is 13.2 Å². The first-order valence-electron chi connectivity index (χ1n) is 10.5. The van der Waals surface area contributed by atoms with Crippen molar-refractivity contribution in [1.29, 1.82) is 5.26 Å². The minimum absolute atomic E-state index is 0.0192. The van der Waals surface area contributed by atoms with Crippen molar-refractivity contribution in [3.8, 4) is 11.8 Å². The van der Waals surface area contributed by atoms with Crippen LogP contribution in [0.3, 0.4) is 0 Å². The van der Waals surface area contributed by atoms with E-state index in [2.05, 4.69) is 15.4 Å². The maximum Gasteiger partial charge on any atom is 0.573 e. The zero-order chi connectivity index (χ0) is 24.1. The van der Waals surface area contributed by atoms with Gasteiger partial charge in [-0.2, -0.15) is 5.26 Å². The minimum atomic E-state index is -4.91. The van der Waals surface area contributed by atoms with Crippen LogP contribution in [0.5, 0.6) is 5.75 Å². The SMILES string of the molecule is CC(C)[C@](C)(N)C(=O)NC1CCC(C(=O)NCc2ccc(C#N)cc2OC(F)(F)F)CC1. The summed E-state index contributed by atoms with van der Waals surface area (Å²) >= 11 is 0. The van der Waals surface area contributed by atoms with E-state index in [4.69, 9.17) is 11.0 Å². The molecule has 1 saturated carbocycles. The Morgan fingerprint density at radius 1 is 1.25 bits per heavy atom. The third-order valence-corrected chi connectivity index (χ3v) is 6.00. The standard InChI is InChI=1S/C22H29F3N4O3/c1-13(2)21(3,27)20(31)29-17-8-6-15(7-9-17)19(30)28-12-16-5-4-14(11-26)10-18(16)32-22(23,24)25/h4-5,10,13,15,17H,6-9,12,27H2,1-3H3,(H,28,30)(H,29,31)/t15?,17?,21-/m0/s1. The fraction of sp³-hybridized carbons (Fsp3) is 0.591. The summed E-state index contributed by atoms with van der Waals surface area (Å²) in [6.07, 6.45) is -2.61. The molecule has 7 nitrogen and oxygen atoms in total. The summed E-state index contributed by atoms with van der Waals surface area (Å²) in [5.41, 5.74) is 5.24. The van der Waals surface area contributed by atoms with Gasteiger partial charge in [-0.3, -0.25) is 9.59 Å². The average molecular weight is 454 g/mol. The minimum Gasteiger partial charge on any atom is -0.405 e. The van der Waals surface area contributed by atoms with Crippen molar-refractivity contribution < 1.29 is 27.5 Å². The van der Waals surface area contributed by atoms with E-state index < -0.39 is 17.7 Å². The number of nitrogens with two attached hydrogens (primary N) is 1. The number of halogens is 3. The second-order valence-corrected chi connectivity index (χ2v) is 8.66. The van der Waals surface area contributed by atoms with Gasteiger partial charge in [-0.1, -0.05) is 19.9 Å². The number of nitrogens with one attached hydrogen (secondary N) is 2. The highest BCUT2D eigenvalue weighted by atomic mass is 19.4. The molecule has 1 atom stereocenters. The molecule has 1 fully saturated rings. The molecule has 1 aliphatic carbocycles. The van der Waals surface area contributed by atoms with E-state index in [-0.39, 0.29) is 47.4 Å². The molecule has 2 rings (SSSR count). The Balaban J connectivity index is 1.90. The fourth-order valence-electron chi connectivity index (χ4n) is 3.42. The van der Waals surface area contributed by atoms with Crippen LogP contribution in [0, 0.1) is 23.2 Å². The van der Waals surface area contributed by atoms with Gasteiger partial charge in [0.15, 0.2) is 0 Å². The van der Waals surface area contributed by atoms with E-state index in [9.17, 15) is 22.8 Å². The topological polar surface area (TPSA) is 117 Å². The summed E-state index contributed by atoms with van der Waals surface area (Å²) in [5, 5.41) is 14.5. The summed E-state index contributed by atoms with van der Waals surface area (Å²) in [5.74, 6) is -1.35. The van der Waals surface area contributed by atoms with Crippen molar-refractivity contribution in [2.75, 3.05) is 0 Å². The number of carbonyl (C=O) groups excluding carboxylic acids is 2. The Morgan fingerprint density at radius 2 is 1.88 bits per heavy atom. The maximum absolute atomic E-state index is 12.7.